The Hall–Kier alpha value is -2.57. The van der Waals surface area contributed by atoms with Crippen LogP contribution in [-0.2, 0) is 9.59 Å². The summed E-state index contributed by atoms with van der Waals surface area (Å²) in [6, 6.07) is 12.5. The van der Waals surface area contributed by atoms with E-state index in [1.807, 2.05) is 24.3 Å². The number of hydrogen-bond acceptors (Lipinski definition) is 4. The van der Waals surface area contributed by atoms with Gasteiger partial charge in [-0.15, -0.1) is 0 Å². The molecule has 0 radical (unpaired) electrons. The fourth-order valence-electron chi connectivity index (χ4n) is 3.55. The Morgan fingerprint density at radius 3 is 2.40 bits per heavy atom. The molecule has 0 aliphatic carbocycles. The molecule has 7 heteroatoms. The van der Waals surface area contributed by atoms with Gasteiger partial charge in [0.1, 0.15) is 5.75 Å². The summed E-state index contributed by atoms with van der Waals surface area (Å²) in [5.74, 6) is 0.0894. The van der Waals surface area contributed by atoms with Gasteiger partial charge in [-0.3, -0.25) is 14.5 Å². The van der Waals surface area contributed by atoms with Crippen molar-refractivity contribution < 1.29 is 14.7 Å². The molecule has 0 aromatic heterocycles. The van der Waals surface area contributed by atoms with Gasteiger partial charge in [0.15, 0.2) is 0 Å². The lowest BCUT2D eigenvalue weighted by Crippen LogP contribution is -2.41. The highest BCUT2D eigenvalue weighted by atomic mass is 35.5. The van der Waals surface area contributed by atoms with Gasteiger partial charge in [-0.05, 0) is 67.7 Å². The van der Waals surface area contributed by atoms with Gasteiger partial charge in [0.05, 0.1) is 12.2 Å². The molecule has 0 bridgehead atoms. The van der Waals surface area contributed by atoms with Crippen LogP contribution in [0.5, 0.6) is 5.75 Å². The van der Waals surface area contributed by atoms with Gasteiger partial charge < -0.3 is 15.7 Å². The summed E-state index contributed by atoms with van der Waals surface area (Å²) in [5.41, 5.74) is 2.34. The number of rotatable bonds is 6. The first kappa shape index (κ1) is 22.1. The Balaban J connectivity index is 1.45. The van der Waals surface area contributed by atoms with E-state index in [2.05, 4.69) is 29.4 Å². The van der Waals surface area contributed by atoms with Crippen LogP contribution >= 0.6 is 11.6 Å². The number of halogens is 1. The molecular weight excluding hydrogens is 402 g/mol. The van der Waals surface area contributed by atoms with Crippen LogP contribution in [0, 0.1) is 5.92 Å². The molecule has 2 aromatic carbocycles. The van der Waals surface area contributed by atoms with Crippen molar-refractivity contribution >= 4 is 34.8 Å². The van der Waals surface area contributed by atoms with Crippen molar-refractivity contribution in [2.75, 3.05) is 30.3 Å². The maximum atomic E-state index is 12.5. The number of nitrogens with zero attached hydrogens (tertiary/aromatic N) is 1. The maximum absolute atomic E-state index is 12.5. The molecule has 0 atom stereocenters. The van der Waals surface area contributed by atoms with E-state index in [0.717, 1.165) is 5.69 Å². The van der Waals surface area contributed by atoms with Gasteiger partial charge >= 0.3 is 0 Å². The van der Waals surface area contributed by atoms with Gasteiger partial charge in [0.25, 0.3) is 0 Å². The monoisotopic (exact) mass is 429 g/mol. The van der Waals surface area contributed by atoms with E-state index in [1.165, 1.54) is 17.7 Å². The number of hydrogen-bond donors (Lipinski definition) is 3. The Labute approximate surface area is 182 Å². The standard InChI is InChI=1S/C23H28ClN3O3/c1-15(2)16-3-6-19(7-4-16)25-22(29)14-27-11-9-17(10-12-27)23(30)26-20-13-18(24)5-8-21(20)28/h3-8,13,15,17,28H,9-12,14H2,1-2H3,(H,25,29)(H,26,30). The third-order valence-electron chi connectivity index (χ3n) is 5.40. The molecule has 30 heavy (non-hydrogen) atoms. The molecule has 160 valence electrons. The quantitative estimate of drug-likeness (QED) is 0.592. The minimum Gasteiger partial charge on any atom is -0.506 e. The highest BCUT2D eigenvalue weighted by Crippen LogP contribution is 2.28. The van der Waals surface area contributed by atoms with Crippen molar-refractivity contribution in [3.63, 3.8) is 0 Å². The van der Waals surface area contributed by atoms with Crippen LogP contribution < -0.4 is 10.6 Å². The molecule has 1 aliphatic rings. The van der Waals surface area contributed by atoms with Crippen LogP contribution in [0.15, 0.2) is 42.5 Å². The second-order valence-corrected chi connectivity index (χ2v) is 8.46. The van der Waals surface area contributed by atoms with Crippen molar-refractivity contribution in [1.29, 1.82) is 0 Å². The molecule has 3 N–H and O–H groups in total. The van der Waals surface area contributed by atoms with Crippen LogP contribution in [0.3, 0.4) is 0 Å². The molecule has 1 saturated heterocycles. The number of carbonyl (C=O) groups excluding carboxylic acids is 2. The van der Waals surface area contributed by atoms with E-state index in [0.29, 0.717) is 49.1 Å². The first-order valence-corrected chi connectivity index (χ1v) is 10.6. The zero-order chi connectivity index (χ0) is 21.7. The smallest absolute Gasteiger partial charge is 0.238 e. The van der Waals surface area contributed by atoms with Crippen LogP contribution in [0.4, 0.5) is 11.4 Å². The molecular formula is C23H28ClN3O3. The molecule has 1 fully saturated rings. The predicted octanol–water partition coefficient (Wildman–Crippen LogP) is 4.46. The van der Waals surface area contributed by atoms with E-state index < -0.39 is 0 Å². The van der Waals surface area contributed by atoms with Crippen molar-refractivity contribution in [3.05, 3.63) is 53.1 Å². The minimum atomic E-state index is -0.161. The number of benzene rings is 2. The Morgan fingerprint density at radius 1 is 1.10 bits per heavy atom. The number of anilines is 2. The van der Waals surface area contributed by atoms with Gasteiger partial charge in [-0.2, -0.15) is 0 Å². The van der Waals surface area contributed by atoms with E-state index in [9.17, 15) is 14.7 Å². The molecule has 1 heterocycles. The molecule has 0 spiro atoms. The highest BCUT2D eigenvalue weighted by molar-refractivity contribution is 6.31. The van der Waals surface area contributed by atoms with Crippen molar-refractivity contribution in [3.8, 4) is 5.75 Å². The first-order chi connectivity index (χ1) is 14.3. The van der Waals surface area contributed by atoms with E-state index in [1.54, 1.807) is 6.07 Å². The lowest BCUT2D eigenvalue weighted by Gasteiger charge is -2.30. The topological polar surface area (TPSA) is 81.7 Å². The Morgan fingerprint density at radius 2 is 1.77 bits per heavy atom. The number of phenolic OH excluding ortho intramolecular Hbond substituents is 1. The summed E-state index contributed by atoms with van der Waals surface area (Å²) in [6.45, 7) is 5.90. The molecule has 3 rings (SSSR count). The zero-order valence-corrected chi connectivity index (χ0v) is 18.1. The molecule has 0 saturated carbocycles. The molecule has 0 unspecified atom stereocenters. The maximum Gasteiger partial charge on any atom is 0.238 e. The molecule has 2 amide bonds. The summed E-state index contributed by atoms with van der Waals surface area (Å²) in [6.07, 6.45) is 1.31. The summed E-state index contributed by atoms with van der Waals surface area (Å²) in [4.78, 5) is 26.9. The van der Waals surface area contributed by atoms with E-state index >= 15 is 0 Å². The SMILES string of the molecule is CC(C)c1ccc(NC(=O)CN2CCC(C(=O)Nc3cc(Cl)ccc3O)CC2)cc1. The highest BCUT2D eigenvalue weighted by Gasteiger charge is 2.26. The summed E-state index contributed by atoms with van der Waals surface area (Å²) in [7, 11) is 0. The third kappa shape index (κ3) is 5.97. The van der Waals surface area contributed by atoms with Crippen LogP contribution in [-0.4, -0.2) is 41.5 Å². The summed E-state index contributed by atoms with van der Waals surface area (Å²) < 4.78 is 0. The Kier molecular flexibility index (Phi) is 7.34. The number of piperidine rings is 1. The minimum absolute atomic E-state index is 0.0108. The fraction of sp³-hybridized carbons (Fsp3) is 0.391. The third-order valence-corrected chi connectivity index (χ3v) is 5.64. The van der Waals surface area contributed by atoms with Crippen LogP contribution in [0.2, 0.25) is 5.02 Å². The van der Waals surface area contributed by atoms with Gasteiger partial charge in [-0.25, -0.2) is 0 Å². The average molecular weight is 430 g/mol. The molecule has 6 nitrogen and oxygen atoms in total. The van der Waals surface area contributed by atoms with Crippen molar-refractivity contribution in [2.24, 2.45) is 5.92 Å². The summed E-state index contributed by atoms with van der Waals surface area (Å²) >= 11 is 5.93. The Bertz CT molecular complexity index is 891. The fourth-order valence-corrected chi connectivity index (χ4v) is 3.72. The molecule has 1 aliphatic heterocycles. The number of phenols is 1. The molecule has 2 aromatic rings. The van der Waals surface area contributed by atoms with E-state index in [4.69, 9.17) is 11.6 Å². The lowest BCUT2D eigenvalue weighted by atomic mass is 9.95. The predicted molar refractivity (Wildman–Crippen MR) is 120 cm³/mol. The second-order valence-electron chi connectivity index (χ2n) is 8.03. The van der Waals surface area contributed by atoms with Gasteiger partial charge in [-0.1, -0.05) is 37.6 Å². The zero-order valence-electron chi connectivity index (χ0n) is 17.3. The lowest BCUT2D eigenvalue weighted by molar-refractivity contribution is -0.121. The number of likely N-dealkylation sites (tertiary alicyclic amines) is 1. The van der Waals surface area contributed by atoms with Crippen molar-refractivity contribution in [1.82, 2.24) is 4.90 Å². The average Bonchev–Trinajstić information content (AvgIpc) is 2.71. The number of amides is 2. The van der Waals surface area contributed by atoms with Crippen LogP contribution in [0.1, 0.15) is 38.2 Å². The normalized spacial score (nSPS) is 15.2. The number of carbonyl (C=O) groups is 2. The first-order valence-electron chi connectivity index (χ1n) is 10.2. The van der Waals surface area contributed by atoms with Crippen LogP contribution in [0.25, 0.3) is 0 Å². The largest absolute Gasteiger partial charge is 0.506 e. The number of nitrogens with one attached hydrogen (secondary N) is 2. The van der Waals surface area contributed by atoms with Gasteiger partial charge in [0.2, 0.25) is 11.8 Å². The summed E-state index contributed by atoms with van der Waals surface area (Å²) in [5, 5.41) is 16.0. The number of aromatic hydroxyl groups is 1. The van der Waals surface area contributed by atoms with Gasteiger partial charge in [0, 0.05) is 16.6 Å². The second kappa shape index (κ2) is 9.96. The van der Waals surface area contributed by atoms with E-state index in [-0.39, 0.29) is 23.5 Å². The van der Waals surface area contributed by atoms with Crippen molar-refractivity contribution in [2.45, 2.75) is 32.6 Å².